The second kappa shape index (κ2) is 5.17. The Morgan fingerprint density at radius 1 is 1.20 bits per heavy atom. The number of ether oxygens (including phenoxy) is 1. The van der Waals surface area contributed by atoms with E-state index in [9.17, 15) is 4.79 Å². The van der Waals surface area contributed by atoms with Crippen LogP contribution in [-0.4, -0.2) is 19.6 Å². The maximum Gasteiger partial charge on any atom is 0.251 e. The fourth-order valence-electron chi connectivity index (χ4n) is 2.31. The summed E-state index contributed by atoms with van der Waals surface area (Å²) in [6, 6.07) is 13.3. The molecule has 1 aliphatic rings. The number of methoxy groups -OCH3 is 1. The molecular weight excluding hydrogens is 320 g/mol. The van der Waals surface area contributed by atoms with Crippen molar-refractivity contribution in [1.29, 1.82) is 0 Å². The van der Waals surface area contributed by atoms with Gasteiger partial charge in [0.1, 0.15) is 5.75 Å². The lowest BCUT2D eigenvalue weighted by Crippen LogP contribution is -2.36. The number of carbonyl (C=O) groups is 1. The summed E-state index contributed by atoms with van der Waals surface area (Å²) in [5.41, 5.74) is 2.50. The van der Waals surface area contributed by atoms with E-state index in [1.165, 1.54) is 0 Å². The van der Waals surface area contributed by atoms with Crippen LogP contribution in [0.5, 0.6) is 5.75 Å². The van der Waals surface area contributed by atoms with E-state index in [-0.39, 0.29) is 12.5 Å². The molecule has 2 aromatic carbocycles. The first-order valence-electron chi connectivity index (χ1n) is 6.20. The molecular formula is C15H13BrN2O2. The van der Waals surface area contributed by atoms with Crippen molar-refractivity contribution < 1.29 is 9.53 Å². The predicted molar refractivity (Wildman–Crippen MR) is 82.8 cm³/mol. The zero-order chi connectivity index (χ0) is 14.1. The zero-order valence-electron chi connectivity index (χ0n) is 10.9. The van der Waals surface area contributed by atoms with Crippen LogP contribution < -0.4 is 15.0 Å². The van der Waals surface area contributed by atoms with Gasteiger partial charge in [-0.25, -0.2) is 0 Å². The van der Waals surface area contributed by atoms with E-state index in [0.29, 0.717) is 5.75 Å². The molecule has 0 unspecified atom stereocenters. The van der Waals surface area contributed by atoms with Gasteiger partial charge in [0.2, 0.25) is 0 Å². The number of carbonyl (C=O) groups excluding carboxylic acids is 1. The second-order valence-corrected chi connectivity index (χ2v) is 5.33. The number of hydrogen-bond acceptors (Lipinski definition) is 3. The molecule has 1 aliphatic heterocycles. The van der Waals surface area contributed by atoms with Crippen LogP contribution in [-0.2, 0) is 4.79 Å². The van der Waals surface area contributed by atoms with Gasteiger partial charge in [0.05, 0.1) is 30.7 Å². The minimum Gasteiger partial charge on any atom is -0.495 e. The van der Waals surface area contributed by atoms with E-state index >= 15 is 0 Å². The molecule has 0 aliphatic carbocycles. The summed E-state index contributed by atoms with van der Waals surface area (Å²) >= 11 is 3.44. The van der Waals surface area contributed by atoms with Crippen LogP contribution in [0.15, 0.2) is 46.9 Å². The Labute approximate surface area is 125 Å². The molecule has 4 nitrogen and oxygen atoms in total. The van der Waals surface area contributed by atoms with Crippen molar-refractivity contribution in [2.45, 2.75) is 0 Å². The third-order valence-electron chi connectivity index (χ3n) is 3.21. The SMILES string of the molecule is COc1ccccc1N1C(=O)CNc2cc(Br)ccc21. The molecule has 0 bridgehead atoms. The van der Waals surface area contributed by atoms with Gasteiger partial charge in [-0.1, -0.05) is 28.1 Å². The van der Waals surface area contributed by atoms with E-state index in [0.717, 1.165) is 21.5 Å². The zero-order valence-corrected chi connectivity index (χ0v) is 12.5. The highest BCUT2D eigenvalue weighted by atomic mass is 79.9. The van der Waals surface area contributed by atoms with Crippen molar-refractivity contribution in [2.24, 2.45) is 0 Å². The van der Waals surface area contributed by atoms with Crippen molar-refractivity contribution in [3.05, 3.63) is 46.9 Å². The van der Waals surface area contributed by atoms with E-state index in [4.69, 9.17) is 4.74 Å². The highest BCUT2D eigenvalue weighted by Crippen LogP contribution is 2.40. The molecule has 1 N–H and O–H groups in total. The van der Waals surface area contributed by atoms with E-state index in [1.54, 1.807) is 12.0 Å². The molecule has 0 saturated carbocycles. The summed E-state index contributed by atoms with van der Waals surface area (Å²) in [6.07, 6.45) is 0. The molecule has 3 rings (SSSR count). The average molecular weight is 333 g/mol. The van der Waals surface area contributed by atoms with Gasteiger partial charge >= 0.3 is 0 Å². The number of fused-ring (bicyclic) bond motifs is 1. The maximum absolute atomic E-state index is 12.3. The van der Waals surface area contributed by atoms with Crippen LogP contribution in [0.4, 0.5) is 17.1 Å². The summed E-state index contributed by atoms with van der Waals surface area (Å²) in [4.78, 5) is 14.0. The van der Waals surface area contributed by atoms with Gasteiger partial charge in [-0.3, -0.25) is 9.69 Å². The van der Waals surface area contributed by atoms with Gasteiger partial charge in [-0.2, -0.15) is 0 Å². The summed E-state index contributed by atoms with van der Waals surface area (Å²) in [5.74, 6) is 0.668. The first-order valence-corrected chi connectivity index (χ1v) is 6.99. The molecule has 5 heteroatoms. The van der Waals surface area contributed by atoms with Crippen LogP contribution in [0.3, 0.4) is 0 Å². The average Bonchev–Trinajstić information content (AvgIpc) is 2.47. The molecule has 1 amide bonds. The van der Waals surface area contributed by atoms with Gasteiger partial charge in [0.15, 0.2) is 0 Å². The molecule has 102 valence electrons. The summed E-state index contributed by atoms with van der Waals surface area (Å²) < 4.78 is 6.33. The number of halogens is 1. The maximum atomic E-state index is 12.3. The summed E-state index contributed by atoms with van der Waals surface area (Å²) in [5, 5.41) is 3.13. The van der Waals surface area contributed by atoms with Gasteiger partial charge < -0.3 is 10.1 Å². The smallest absolute Gasteiger partial charge is 0.251 e. The van der Waals surface area contributed by atoms with Crippen molar-refractivity contribution in [1.82, 2.24) is 0 Å². The lowest BCUT2D eigenvalue weighted by molar-refractivity contribution is -0.116. The Morgan fingerprint density at radius 3 is 2.80 bits per heavy atom. The van der Waals surface area contributed by atoms with Crippen LogP contribution in [0.25, 0.3) is 0 Å². The Kier molecular flexibility index (Phi) is 3.36. The highest BCUT2D eigenvalue weighted by Gasteiger charge is 2.27. The Bertz CT molecular complexity index is 673. The second-order valence-electron chi connectivity index (χ2n) is 4.42. The first-order chi connectivity index (χ1) is 9.70. The minimum absolute atomic E-state index is 0.00989. The third kappa shape index (κ3) is 2.14. The topological polar surface area (TPSA) is 41.6 Å². The van der Waals surface area contributed by atoms with E-state index in [1.807, 2.05) is 42.5 Å². The van der Waals surface area contributed by atoms with Crippen molar-refractivity contribution >= 4 is 38.9 Å². The monoisotopic (exact) mass is 332 g/mol. The molecule has 0 spiro atoms. The third-order valence-corrected chi connectivity index (χ3v) is 3.70. The van der Waals surface area contributed by atoms with Crippen LogP contribution in [0, 0.1) is 0 Å². The number of hydrogen-bond donors (Lipinski definition) is 1. The largest absolute Gasteiger partial charge is 0.495 e. The number of anilines is 3. The van der Waals surface area contributed by atoms with Crippen LogP contribution in [0.1, 0.15) is 0 Å². The van der Waals surface area contributed by atoms with Crippen molar-refractivity contribution in [3.8, 4) is 5.75 Å². The Morgan fingerprint density at radius 2 is 2.00 bits per heavy atom. The number of para-hydroxylation sites is 2. The van der Waals surface area contributed by atoms with Gasteiger partial charge in [0.25, 0.3) is 5.91 Å². The highest BCUT2D eigenvalue weighted by molar-refractivity contribution is 9.10. The predicted octanol–water partition coefficient (Wildman–Crippen LogP) is 3.55. The summed E-state index contributed by atoms with van der Waals surface area (Å²) in [7, 11) is 1.61. The number of benzene rings is 2. The molecule has 0 aromatic heterocycles. The fraction of sp³-hybridized carbons (Fsp3) is 0.133. The van der Waals surface area contributed by atoms with Crippen LogP contribution in [0.2, 0.25) is 0 Å². The quantitative estimate of drug-likeness (QED) is 0.914. The Balaban J connectivity index is 2.16. The first kappa shape index (κ1) is 13.0. The van der Waals surface area contributed by atoms with Gasteiger partial charge in [0, 0.05) is 4.47 Å². The van der Waals surface area contributed by atoms with E-state index in [2.05, 4.69) is 21.2 Å². The standard InChI is InChI=1S/C15H13BrN2O2/c1-20-14-5-3-2-4-13(14)18-12-7-6-10(16)8-11(12)17-9-15(18)19/h2-8,17H,9H2,1H3. The van der Waals surface area contributed by atoms with Crippen molar-refractivity contribution in [3.63, 3.8) is 0 Å². The molecule has 2 aromatic rings. The number of amides is 1. The normalized spacial score (nSPS) is 13.7. The molecule has 20 heavy (non-hydrogen) atoms. The fourth-order valence-corrected chi connectivity index (χ4v) is 2.67. The number of nitrogens with zero attached hydrogens (tertiary/aromatic N) is 1. The van der Waals surface area contributed by atoms with Crippen LogP contribution >= 0.6 is 15.9 Å². The van der Waals surface area contributed by atoms with Gasteiger partial charge in [-0.05, 0) is 30.3 Å². The summed E-state index contributed by atoms with van der Waals surface area (Å²) in [6.45, 7) is 0.265. The lowest BCUT2D eigenvalue weighted by atomic mass is 10.1. The van der Waals surface area contributed by atoms with Crippen molar-refractivity contribution in [2.75, 3.05) is 23.9 Å². The molecule has 1 heterocycles. The van der Waals surface area contributed by atoms with Gasteiger partial charge in [-0.15, -0.1) is 0 Å². The lowest BCUT2D eigenvalue weighted by Gasteiger charge is -2.31. The number of rotatable bonds is 2. The molecule has 0 saturated heterocycles. The minimum atomic E-state index is -0.00989. The van der Waals surface area contributed by atoms with E-state index < -0.39 is 0 Å². The molecule has 0 fully saturated rings. The molecule has 0 atom stereocenters. The molecule has 0 radical (unpaired) electrons. The number of nitrogens with one attached hydrogen (secondary N) is 1. The Hall–Kier alpha value is -2.01.